The van der Waals surface area contributed by atoms with Crippen molar-refractivity contribution in [3.8, 4) is 0 Å². The van der Waals surface area contributed by atoms with Crippen molar-refractivity contribution in [2.45, 2.75) is 38.9 Å². The van der Waals surface area contributed by atoms with Gasteiger partial charge < -0.3 is 5.32 Å². The van der Waals surface area contributed by atoms with Crippen LogP contribution < -0.4 is 5.32 Å². The molecule has 0 bridgehead atoms. The molecular weight excluding hydrogens is 309 g/mol. The predicted octanol–water partition coefficient (Wildman–Crippen LogP) is 3.23. The summed E-state index contributed by atoms with van der Waals surface area (Å²) >= 11 is 0. The molecule has 0 aromatic carbocycles. The summed E-state index contributed by atoms with van der Waals surface area (Å²) in [7, 11) is 0. The molecule has 5 nitrogen and oxygen atoms in total. The molecule has 0 spiro atoms. The summed E-state index contributed by atoms with van der Waals surface area (Å²) in [6.45, 7) is 5.87. The van der Waals surface area contributed by atoms with Gasteiger partial charge in [-0.1, -0.05) is 6.07 Å². The molecule has 8 heteroatoms. The van der Waals surface area contributed by atoms with Gasteiger partial charge in [-0.25, -0.2) is 4.98 Å². The van der Waals surface area contributed by atoms with E-state index < -0.39 is 17.8 Å². The lowest BCUT2D eigenvalue weighted by molar-refractivity contribution is -0.141. The lowest BCUT2D eigenvalue weighted by Crippen LogP contribution is -2.23. The second-order valence-electron chi connectivity index (χ2n) is 6.05. The molecule has 0 aliphatic heterocycles. The molecule has 0 atom stereocenters. The van der Waals surface area contributed by atoms with Crippen LogP contribution in [-0.2, 0) is 22.9 Å². The number of anilines is 1. The third kappa shape index (κ3) is 4.54. The molecule has 23 heavy (non-hydrogen) atoms. The van der Waals surface area contributed by atoms with Crippen LogP contribution in [0.15, 0.2) is 30.5 Å². The molecule has 124 valence electrons. The molecule has 0 saturated carbocycles. The molecule has 2 heterocycles. The number of nitrogens with one attached hydrogen (secondary N) is 1. The average molecular weight is 326 g/mol. The molecule has 0 fully saturated rings. The van der Waals surface area contributed by atoms with Crippen LogP contribution in [0.2, 0.25) is 0 Å². The van der Waals surface area contributed by atoms with E-state index in [1.165, 1.54) is 12.1 Å². The van der Waals surface area contributed by atoms with Crippen LogP contribution in [0.3, 0.4) is 0 Å². The van der Waals surface area contributed by atoms with Crippen LogP contribution in [-0.4, -0.2) is 20.7 Å². The fourth-order valence-corrected chi connectivity index (χ4v) is 1.85. The van der Waals surface area contributed by atoms with E-state index in [1.807, 2.05) is 20.8 Å². The van der Waals surface area contributed by atoms with Gasteiger partial charge in [0.25, 0.3) is 0 Å². The molecule has 0 saturated heterocycles. The molecule has 0 aliphatic carbocycles. The van der Waals surface area contributed by atoms with Gasteiger partial charge in [0, 0.05) is 12.3 Å². The van der Waals surface area contributed by atoms with Gasteiger partial charge >= 0.3 is 6.18 Å². The second kappa shape index (κ2) is 6.02. The zero-order valence-electron chi connectivity index (χ0n) is 13.0. The SMILES string of the molecule is CC(C)(C)n1ccc(NC(=O)Cc2cccc(C(F)(F)F)n2)n1. The normalized spacial score (nSPS) is 12.3. The summed E-state index contributed by atoms with van der Waals surface area (Å²) in [5, 5.41) is 6.75. The predicted molar refractivity (Wildman–Crippen MR) is 78.8 cm³/mol. The summed E-state index contributed by atoms with van der Waals surface area (Å²) in [5.41, 5.74) is -1.20. The van der Waals surface area contributed by atoms with Crippen molar-refractivity contribution in [2.24, 2.45) is 0 Å². The minimum Gasteiger partial charge on any atom is -0.309 e. The smallest absolute Gasteiger partial charge is 0.309 e. The Morgan fingerprint density at radius 3 is 2.48 bits per heavy atom. The summed E-state index contributed by atoms with van der Waals surface area (Å²) in [6.07, 6.45) is -3.07. The number of halogens is 3. The van der Waals surface area contributed by atoms with Gasteiger partial charge in [-0.3, -0.25) is 9.48 Å². The van der Waals surface area contributed by atoms with E-state index >= 15 is 0 Å². The van der Waals surface area contributed by atoms with Gasteiger partial charge in [-0.2, -0.15) is 18.3 Å². The quantitative estimate of drug-likeness (QED) is 0.942. The van der Waals surface area contributed by atoms with Crippen LogP contribution >= 0.6 is 0 Å². The summed E-state index contributed by atoms with van der Waals surface area (Å²) in [6, 6.07) is 5.10. The number of nitrogens with zero attached hydrogens (tertiary/aromatic N) is 3. The average Bonchev–Trinajstić information content (AvgIpc) is 2.86. The Morgan fingerprint density at radius 2 is 1.91 bits per heavy atom. The van der Waals surface area contributed by atoms with Crippen LogP contribution in [0.25, 0.3) is 0 Å². The second-order valence-corrected chi connectivity index (χ2v) is 6.05. The first-order valence-electron chi connectivity index (χ1n) is 6.95. The molecule has 0 aliphatic rings. The first-order chi connectivity index (χ1) is 10.6. The van der Waals surface area contributed by atoms with Crippen molar-refractivity contribution in [3.05, 3.63) is 41.9 Å². The maximum absolute atomic E-state index is 12.6. The highest BCUT2D eigenvalue weighted by Crippen LogP contribution is 2.27. The van der Waals surface area contributed by atoms with Gasteiger partial charge in [0.15, 0.2) is 5.82 Å². The summed E-state index contributed by atoms with van der Waals surface area (Å²) in [5.74, 6) is -0.132. The van der Waals surface area contributed by atoms with Crippen molar-refractivity contribution in [2.75, 3.05) is 5.32 Å². The number of carbonyl (C=O) groups excluding carboxylic acids is 1. The Hall–Kier alpha value is -2.38. The topological polar surface area (TPSA) is 59.8 Å². The van der Waals surface area contributed by atoms with E-state index in [0.29, 0.717) is 5.82 Å². The lowest BCUT2D eigenvalue weighted by Gasteiger charge is -2.18. The highest BCUT2D eigenvalue weighted by atomic mass is 19.4. The molecule has 1 amide bonds. The monoisotopic (exact) mass is 326 g/mol. The Morgan fingerprint density at radius 1 is 1.22 bits per heavy atom. The molecule has 1 N–H and O–H groups in total. The summed E-state index contributed by atoms with van der Waals surface area (Å²) < 4.78 is 39.5. The largest absolute Gasteiger partial charge is 0.433 e. The van der Waals surface area contributed by atoms with Crippen molar-refractivity contribution in [3.63, 3.8) is 0 Å². The lowest BCUT2D eigenvalue weighted by atomic mass is 10.1. The maximum atomic E-state index is 12.6. The number of pyridine rings is 1. The van der Waals surface area contributed by atoms with E-state index in [0.717, 1.165) is 6.07 Å². The zero-order chi connectivity index (χ0) is 17.3. The number of hydrogen-bond acceptors (Lipinski definition) is 3. The fourth-order valence-electron chi connectivity index (χ4n) is 1.85. The fraction of sp³-hybridized carbons (Fsp3) is 0.400. The molecule has 2 rings (SSSR count). The summed E-state index contributed by atoms with van der Waals surface area (Å²) in [4.78, 5) is 15.4. The Labute approximate surface area is 131 Å². The van der Waals surface area contributed by atoms with Crippen molar-refractivity contribution in [1.82, 2.24) is 14.8 Å². The van der Waals surface area contributed by atoms with Crippen molar-refractivity contribution in [1.29, 1.82) is 0 Å². The van der Waals surface area contributed by atoms with E-state index in [4.69, 9.17) is 0 Å². The van der Waals surface area contributed by atoms with Gasteiger partial charge in [0.2, 0.25) is 5.91 Å². The van der Waals surface area contributed by atoms with E-state index in [1.54, 1.807) is 16.9 Å². The standard InChI is InChI=1S/C15H17F3N4O/c1-14(2,3)22-8-7-12(21-22)20-13(23)9-10-5-4-6-11(19-10)15(16,17)18/h4-8H,9H2,1-3H3,(H,20,21,23). The van der Waals surface area contributed by atoms with Crippen LogP contribution in [0, 0.1) is 0 Å². The van der Waals surface area contributed by atoms with Crippen LogP contribution in [0.1, 0.15) is 32.2 Å². The Balaban J connectivity index is 2.04. The van der Waals surface area contributed by atoms with Gasteiger partial charge in [0.1, 0.15) is 5.69 Å². The molecule has 0 unspecified atom stereocenters. The number of aromatic nitrogens is 3. The first-order valence-corrected chi connectivity index (χ1v) is 6.95. The van der Waals surface area contributed by atoms with Gasteiger partial charge in [-0.15, -0.1) is 0 Å². The first kappa shape index (κ1) is 17.0. The van der Waals surface area contributed by atoms with Gasteiger partial charge in [0.05, 0.1) is 17.7 Å². The van der Waals surface area contributed by atoms with E-state index in [2.05, 4.69) is 15.4 Å². The molecular formula is C15H17F3N4O. The van der Waals surface area contributed by atoms with Gasteiger partial charge in [-0.05, 0) is 32.9 Å². The zero-order valence-corrected chi connectivity index (χ0v) is 13.0. The highest BCUT2D eigenvalue weighted by Gasteiger charge is 2.32. The number of hydrogen-bond donors (Lipinski definition) is 1. The molecule has 2 aromatic heterocycles. The van der Waals surface area contributed by atoms with Crippen LogP contribution in [0.5, 0.6) is 0 Å². The van der Waals surface area contributed by atoms with Crippen molar-refractivity contribution >= 4 is 11.7 Å². The third-order valence-electron chi connectivity index (χ3n) is 2.98. The number of amides is 1. The van der Waals surface area contributed by atoms with E-state index in [9.17, 15) is 18.0 Å². The molecule has 0 radical (unpaired) electrons. The Bertz CT molecular complexity index is 701. The maximum Gasteiger partial charge on any atom is 0.433 e. The highest BCUT2D eigenvalue weighted by molar-refractivity contribution is 5.91. The number of carbonyl (C=O) groups is 1. The molecule has 2 aromatic rings. The minimum atomic E-state index is -4.53. The van der Waals surface area contributed by atoms with Crippen LogP contribution in [0.4, 0.5) is 19.0 Å². The minimum absolute atomic E-state index is 0.0487. The Kier molecular flexibility index (Phi) is 4.44. The number of alkyl halides is 3. The number of rotatable bonds is 3. The van der Waals surface area contributed by atoms with Crippen molar-refractivity contribution < 1.29 is 18.0 Å². The van der Waals surface area contributed by atoms with E-state index in [-0.39, 0.29) is 17.7 Å². The third-order valence-corrected chi connectivity index (χ3v) is 2.98.